The molecule has 0 aliphatic carbocycles. The molecule has 0 radical (unpaired) electrons. The largest absolute Gasteiger partial charge is 0.352 e. The Balaban J connectivity index is 1.40. The lowest BCUT2D eigenvalue weighted by molar-refractivity contribution is -0.117. The van der Waals surface area contributed by atoms with E-state index < -0.39 is 0 Å². The summed E-state index contributed by atoms with van der Waals surface area (Å²) in [7, 11) is 0. The van der Waals surface area contributed by atoms with Gasteiger partial charge in [-0.3, -0.25) is 9.59 Å². The number of hydrogen-bond acceptors (Lipinski definition) is 5. The van der Waals surface area contributed by atoms with Crippen LogP contribution in [0, 0.1) is 11.3 Å². The average molecular weight is 375 g/mol. The topological polar surface area (TPSA) is 80.5 Å². The SMILES string of the molecule is N#Cc1cccnc1N1CCN(C(=O)c2ccc(N3CCCC3=O)cc2)CC1. The van der Waals surface area contributed by atoms with E-state index in [4.69, 9.17) is 0 Å². The van der Waals surface area contributed by atoms with Gasteiger partial charge in [0, 0.05) is 56.6 Å². The fourth-order valence-corrected chi connectivity index (χ4v) is 3.75. The maximum absolute atomic E-state index is 12.8. The van der Waals surface area contributed by atoms with E-state index in [-0.39, 0.29) is 11.8 Å². The maximum Gasteiger partial charge on any atom is 0.253 e. The Morgan fingerprint density at radius 1 is 1.04 bits per heavy atom. The highest BCUT2D eigenvalue weighted by Crippen LogP contribution is 2.23. The molecule has 1 aromatic heterocycles. The molecule has 0 atom stereocenters. The van der Waals surface area contributed by atoms with Gasteiger partial charge in [-0.25, -0.2) is 4.98 Å². The molecular formula is C21H21N5O2. The molecule has 7 heteroatoms. The summed E-state index contributed by atoms with van der Waals surface area (Å²) in [6, 6.07) is 13.0. The molecule has 0 bridgehead atoms. The minimum atomic E-state index is -0.0134. The Morgan fingerprint density at radius 2 is 1.79 bits per heavy atom. The number of carbonyl (C=O) groups excluding carboxylic acids is 2. The van der Waals surface area contributed by atoms with E-state index in [2.05, 4.69) is 11.1 Å². The molecule has 2 aromatic rings. The van der Waals surface area contributed by atoms with Crippen molar-refractivity contribution in [3.63, 3.8) is 0 Å². The van der Waals surface area contributed by atoms with Crippen molar-refractivity contribution in [2.24, 2.45) is 0 Å². The molecule has 0 N–H and O–H groups in total. The van der Waals surface area contributed by atoms with Crippen molar-refractivity contribution in [1.82, 2.24) is 9.88 Å². The Hall–Kier alpha value is -3.40. The maximum atomic E-state index is 12.8. The van der Waals surface area contributed by atoms with Crippen molar-refractivity contribution in [3.05, 3.63) is 53.7 Å². The molecular weight excluding hydrogens is 354 g/mol. The van der Waals surface area contributed by atoms with Gasteiger partial charge in [-0.15, -0.1) is 0 Å². The molecule has 1 aromatic carbocycles. The Labute approximate surface area is 163 Å². The summed E-state index contributed by atoms with van der Waals surface area (Å²) in [5.74, 6) is 0.804. The Bertz CT molecular complexity index is 927. The molecule has 0 spiro atoms. The summed E-state index contributed by atoms with van der Waals surface area (Å²) < 4.78 is 0. The third-order valence-electron chi connectivity index (χ3n) is 5.27. The molecule has 28 heavy (non-hydrogen) atoms. The molecule has 3 heterocycles. The van der Waals surface area contributed by atoms with Crippen molar-refractivity contribution in [1.29, 1.82) is 5.26 Å². The van der Waals surface area contributed by atoms with Crippen molar-refractivity contribution >= 4 is 23.3 Å². The van der Waals surface area contributed by atoms with Crippen LogP contribution in [0.25, 0.3) is 0 Å². The number of anilines is 2. The number of hydrogen-bond donors (Lipinski definition) is 0. The number of nitrogens with zero attached hydrogens (tertiary/aromatic N) is 5. The van der Waals surface area contributed by atoms with E-state index in [9.17, 15) is 14.9 Å². The minimum Gasteiger partial charge on any atom is -0.352 e. The molecule has 0 saturated carbocycles. The number of rotatable bonds is 3. The number of pyridine rings is 1. The zero-order valence-electron chi connectivity index (χ0n) is 15.5. The number of benzene rings is 1. The van der Waals surface area contributed by atoms with Crippen LogP contribution in [0.15, 0.2) is 42.6 Å². The minimum absolute atomic E-state index is 0.0134. The average Bonchev–Trinajstić information content (AvgIpc) is 3.19. The number of carbonyl (C=O) groups is 2. The molecule has 4 rings (SSSR count). The zero-order valence-corrected chi connectivity index (χ0v) is 15.5. The lowest BCUT2D eigenvalue weighted by Gasteiger charge is -2.35. The molecule has 2 aliphatic heterocycles. The molecule has 2 aliphatic rings. The number of aromatic nitrogens is 1. The standard InChI is InChI=1S/C21H21N5O2/c22-15-17-3-1-9-23-20(17)24-11-13-25(14-12-24)21(28)16-5-7-18(8-6-16)26-10-2-4-19(26)27/h1,3,5-9H,2,4,10-14H2. The van der Waals surface area contributed by atoms with Gasteiger partial charge in [0.05, 0.1) is 5.56 Å². The second-order valence-electron chi connectivity index (χ2n) is 6.96. The van der Waals surface area contributed by atoms with Crippen LogP contribution >= 0.6 is 0 Å². The Morgan fingerprint density at radius 3 is 2.43 bits per heavy atom. The number of amides is 2. The van der Waals surface area contributed by atoms with Gasteiger partial charge < -0.3 is 14.7 Å². The van der Waals surface area contributed by atoms with Crippen molar-refractivity contribution in [3.8, 4) is 6.07 Å². The second-order valence-corrected chi connectivity index (χ2v) is 6.96. The summed E-state index contributed by atoms with van der Waals surface area (Å²) in [4.78, 5) is 34.6. The summed E-state index contributed by atoms with van der Waals surface area (Å²) >= 11 is 0. The molecule has 0 unspecified atom stereocenters. The molecule has 2 saturated heterocycles. The molecule has 7 nitrogen and oxygen atoms in total. The Kier molecular flexibility index (Phi) is 4.94. The first-order valence-electron chi connectivity index (χ1n) is 9.47. The monoisotopic (exact) mass is 375 g/mol. The van der Waals surface area contributed by atoms with E-state index in [0.29, 0.717) is 49.5 Å². The van der Waals surface area contributed by atoms with Crippen LogP contribution in [0.5, 0.6) is 0 Å². The highest BCUT2D eigenvalue weighted by Gasteiger charge is 2.25. The third-order valence-corrected chi connectivity index (χ3v) is 5.27. The van der Waals surface area contributed by atoms with Crippen LogP contribution in [0.4, 0.5) is 11.5 Å². The smallest absolute Gasteiger partial charge is 0.253 e. The lowest BCUT2D eigenvalue weighted by atomic mass is 10.1. The van der Waals surface area contributed by atoms with Crippen LogP contribution in [0.3, 0.4) is 0 Å². The highest BCUT2D eigenvalue weighted by atomic mass is 16.2. The van der Waals surface area contributed by atoms with Crippen LogP contribution in [-0.2, 0) is 4.79 Å². The van der Waals surface area contributed by atoms with E-state index in [1.165, 1.54) is 0 Å². The van der Waals surface area contributed by atoms with Gasteiger partial charge in [0.1, 0.15) is 11.9 Å². The van der Waals surface area contributed by atoms with Crippen molar-refractivity contribution in [2.75, 3.05) is 42.5 Å². The number of nitriles is 1. The summed E-state index contributed by atoms with van der Waals surface area (Å²) in [6.07, 6.45) is 3.16. The van der Waals surface area contributed by atoms with Crippen LogP contribution in [0.2, 0.25) is 0 Å². The second kappa shape index (κ2) is 7.69. The normalized spacial score (nSPS) is 17.0. The zero-order chi connectivity index (χ0) is 19.5. The number of piperazine rings is 1. The first-order chi connectivity index (χ1) is 13.7. The molecule has 142 valence electrons. The van der Waals surface area contributed by atoms with Crippen molar-refractivity contribution in [2.45, 2.75) is 12.8 Å². The summed E-state index contributed by atoms with van der Waals surface area (Å²) in [5.41, 5.74) is 2.02. The van der Waals surface area contributed by atoms with Gasteiger partial charge in [0.2, 0.25) is 5.91 Å². The van der Waals surface area contributed by atoms with E-state index in [1.807, 2.05) is 21.9 Å². The van der Waals surface area contributed by atoms with Crippen LogP contribution in [-0.4, -0.2) is 54.4 Å². The third kappa shape index (κ3) is 3.41. The van der Waals surface area contributed by atoms with Gasteiger partial charge in [0.25, 0.3) is 5.91 Å². The van der Waals surface area contributed by atoms with E-state index in [1.54, 1.807) is 35.4 Å². The van der Waals surface area contributed by atoms with Gasteiger partial charge in [0.15, 0.2) is 0 Å². The fourth-order valence-electron chi connectivity index (χ4n) is 3.75. The van der Waals surface area contributed by atoms with Gasteiger partial charge in [-0.2, -0.15) is 5.26 Å². The van der Waals surface area contributed by atoms with Crippen LogP contribution < -0.4 is 9.80 Å². The van der Waals surface area contributed by atoms with Gasteiger partial charge in [-0.1, -0.05) is 0 Å². The highest BCUT2D eigenvalue weighted by molar-refractivity contribution is 5.97. The van der Waals surface area contributed by atoms with E-state index >= 15 is 0 Å². The first kappa shape index (κ1) is 18.0. The van der Waals surface area contributed by atoms with Crippen molar-refractivity contribution < 1.29 is 9.59 Å². The van der Waals surface area contributed by atoms with Gasteiger partial charge in [-0.05, 0) is 42.8 Å². The van der Waals surface area contributed by atoms with Crippen LogP contribution in [0.1, 0.15) is 28.8 Å². The van der Waals surface area contributed by atoms with Gasteiger partial charge >= 0.3 is 0 Å². The first-order valence-corrected chi connectivity index (χ1v) is 9.47. The summed E-state index contributed by atoms with van der Waals surface area (Å²) in [6.45, 7) is 3.17. The predicted molar refractivity (Wildman–Crippen MR) is 105 cm³/mol. The fraction of sp³-hybridized carbons (Fsp3) is 0.333. The molecule has 2 fully saturated rings. The van der Waals surface area contributed by atoms with E-state index in [0.717, 1.165) is 18.7 Å². The summed E-state index contributed by atoms with van der Waals surface area (Å²) in [5, 5.41) is 9.25. The quantitative estimate of drug-likeness (QED) is 0.820. The molecule has 2 amide bonds. The predicted octanol–water partition coefficient (Wildman–Crippen LogP) is 2.04. The lowest BCUT2D eigenvalue weighted by Crippen LogP contribution is -2.49.